The van der Waals surface area contributed by atoms with Crippen LogP contribution in [0.1, 0.15) is 0 Å². The second kappa shape index (κ2) is 7.85. The number of ether oxygens (including phenoxy) is 1. The van der Waals surface area contributed by atoms with Crippen molar-refractivity contribution >= 4 is 21.3 Å². The molecule has 2 N–H and O–H groups in total. The molecule has 150 valence electrons. The van der Waals surface area contributed by atoms with Gasteiger partial charge in [0, 0.05) is 47.9 Å². The minimum Gasteiger partial charge on any atom is -0.383 e. The summed E-state index contributed by atoms with van der Waals surface area (Å²) in [6.45, 7) is 3.07. The van der Waals surface area contributed by atoms with E-state index in [1.54, 1.807) is 30.5 Å². The highest BCUT2D eigenvalue weighted by Gasteiger charge is 2.17. The maximum atomic E-state index is 11.7. The maximum absolute atomic E-state index is 11.7. The monoisotopic (exact) mass is 409 g/mol. The Balaban J connectivity index is 1.75. The normalized spacial score (nSPS) is 14.7. The van der Waals surface area contributed by atoms with Crippen molar-refractivity contribution in [3.63, 3.8) is 0 Å². The molecule has 7 heteroatoms. The number of nitrogens with two attached hydrogens (primary N) is 1. The van der Waals surface area contributed by atoms with E-state index in [4.69, 9.17) is 10.5 Å². The third kappa shape index (κ3) is 4.11. The fourth-order valence-electron chi connectivity index (χ4n) is 3.52. The van der Waals surface area contributed by atoms with E-state index in [-0.39, 0.29) is 0 Å². The number of benzene rings is 2. The van der Waals surface area contributed by atoms with Gasteiger partial charge in [0.25, 0.3) is 0 Å². The summed E-state index contributed by atoms with van der Waals surface area (Å²) in [5, 5.41) is 0. The van der Waals surface area contributed by atoms with Gasteiger partial charge in [-0.05, 0) is 29.8 Å². The lowest BCUT2D eigenvalue weighted by Gasteiger charge is -2.30. The van der Waals surface area contributed by atoms with Crippen LogP contribution in [0.15, 0.2) is 65.7 Å². The van der Waals surface area contributed by atoms with E-state index in [1.165, 1.54) is 6.26 Å². The Morgan fingerprint density at radius 3 is 2.34 bits per heavy atom. The number of hydrogen-bond acceptors (Lipinski definition) is 6. The third-order valence-electron chi connectivity index (χ3n) is 5.08. The number of aromatic nitrogens is 1. The van der Waals surface area contributed by atoms with Gasteiger partial charge >= 0.3 is 0 Å². The summed E-state index contributed by atoms with van der Waals surface area (Å²) in [6, 6.07) is 17.0. The Hall–Kier alpha value is -2.90. The van der Waals surface area contributed by atoms with Crippen LogP contribution in [0.4, 0.5) is 11.5 Å². The quantitative estimate of drug-likeness (QED) is 0.712. The Labute approximate surface area is 170 Å². The average Bonchev–Trinajstić information content (AvgIpc) is 2.74. The highest BCUT2D eigenvalue weighted by atomic mass is 32.2. The molecule has 0 radical (unpaired) electrons. The van der Waals surface area contributed by atoms with Gasteiger partial charge in [0.1, 0.15) is 5.82 Å². The van der Waals surface area contributed by atoms with E-state index in [2.05, 4.69) is 22.0 Å². The van der Waals surface area contributed by atoms with Crippen molar-refractivity contribution in [2.45, 2.75) is 4.90 Å². The van der Waals surface area contributed by atoms with Crippen molar-refractivity contribution in [2.75, 3.05) is 43.2 Å². The number of para-hydroxylation sites is 1. The maximum Gasteiger partial charge on any atom is 0.175 e. The Kier molecular flexibility index (Phi) is 5.25. The Morgan fingerprint density at radius 1 is 0.966 bits per heavy atom. The van der Waals surface area contributed by atoms with Crippen molar-refractivity contribution in [3.05, 3.63) is 60.8 Å². The van der Waals surface area contributed by atoms with Gasteiger partial charge in [0.15, 0.2) is 9.84 Å². The van der Waals surface area contributed by atoms with Crippen molar-refractivity contribution in [1.82, 2.24) is 4.98 Å². The van der Waals surface area contributed by atoms with Gasteiger partial charge in [-0.25, -0.2) is 13.4 Å². The zero-order valence-corrected chi connectivity index (χ0v) is 17.0. The topological polar surface area (TPSA) is 85.5 Å². The molecule has 0 aliphatic carbocycles. The molecule has 29 heavy (non-hydrogen) atoms. The summed E-state index contributed by atoms with van der Waals surface area (Å²) in [4.78, 5) is 7.00. The largest absolute Gasteiger partial charge is 0.383 e. The standard InChI is InChI=1S/C22H23N3O3S/c1-29(26,27)18-8-6-16(7-9-18)17-14-20(22(23)24-15-17)19-4-2-3-5-21(19)25-10-12-28-13-11-25/h2-9,14-15H,10-13H2,1H3,(H2,23,24). The fraction of sp³-hybridized carbons (Fsp3) is 0.227. The number of anilines is 2. The average molecular weight is 410 g/mol. The molecule has 2 aromatic carbocycles. The minimum absolute atomic E-state index is 0.294. The van der Waals surface area contributed by atoms with Crippen LogP contribution >= 0.6 is 0 Å². The number of pyridine rings is 1. The van der Waals surface area contributed by atoms with Crippen LogP contribution in [-0.2, 0) is 14.6 Å². The van der Waals surface area contributed by atoms with E-state index in [0.29, 0.717) is 23.9 Å². The van der Waals surface area contributed by atoms with Crippen LogP contribution in [0.3, 0.4) is 0 Å². The van der Waals surface area contributed by atoms with E-state index in [0.717, 1.165) is 41.0 Å². The summed E-state index contributed by atoms with van der Waals surface area (Å²) in [5.41, 5.74) is 11.0. The van der Waals surface area contributed by atoms with Gasteiger partial charge in [-0.2, -0.15) is 0 Å². The lowest BCUT2D eigenvalue weighted by atomic mass is 9.99. The van der Waals surface area contributed by atoms with Crippen molar-refractivity contribution < 1.29 is 13.2 Å². The summed E-state index contributed by atoms with van der Waals surface area (Å²) in [7, 11) is -3.23. The highest BCUT2D eigenvalue weighted by molar-refractivity contribution is 7.90. The van der Waals surface area contributed by atoms with Gasteiger partial charge in [-0.1, -0.05) is 30.3 Å². The molecular weight excluding hydrogens is 386 g/mol. The van der Waals surface area contributed by atoms with Crippen LogP contribution < -0.4 is 10.6 Å². The molecule has 1 saturated heterocycles. The lowest BCUT2D eigenvalue weighted by Crippen LogP contribution is -2.36. The van der Waals surface area contributed by atoms with Crippen LogP contribution in [0.5, 0.6) is 0 Å². The van der Waals surface area contributed by atoms with Gasteiger partial charge in [-0.3, -0.25) is 0 Å². The number of nitrogen functional groups attached to an aromatic ring is 1. The number of hydrogen-bond donors (Lipinski definition) is 1. The first kappa shape index (κ1) is 19.4. The molecule has 0 unspecified atom stereocenters. The van der Waals surface area contributed by atoms with E-state index in [1.807, 2.05) is 18.2 Å². The van der Waals surface area contributed by atoms with Crippen molar-refractivity contribution in [3.8, 4) is 22.3 Å². The molecule has 1 aromatic heterocycles. The molecule has 0 amide bonds. The summed E-state index contributed by atoms with van der Waals surface area (Å²) in [6.07, 6.45) is 2.92. The zero-order valence-electron chi connectivity index (χ0n) is 16.2. The molecular formula is C22H23N3O3S. The number of nitrogens with zero attached hydrogens (tertiary/aromatic N) is 2. The van der Waals surface area contributed by atoms with E-state index in [9.17, 15) is 8.42 Å². The smallest absolute Gasteiger partial charge is 0.175 e. The lowest BCUT2D eigenvalue weighted by molar-refractivity contribution is 0.123. The number of sulfone groups is 1. The fourth-order valence-corrected chi connectivity index (χ4v) is 4.16. The second-order valence-electron chi connectivity index (χ2n) is 7.07. The first-order valence-electron chi connectivity index (χ1n) is 9.41. The first-order valence-corrected chi connectivity index (χ1v) is 11.3. The second-order valence-corrected chi connectivity index (χ2v) is 9.09. The molecule has 0 bridgehead atoms. The molecule has 1 aliphatic rings. The number of morpholine rings is 1. The van der Waals surface area contributed by atoms with Crippen LogP contribution in [0.2, 0.25) is 0 Å². The molecule has 1 aliphatic heterocycles. The molecule has 0 spiro atoms. The summed E-state index contributed by atoms with van der Waals surface area (Å²) < 4.78 is 28.9. The van der Waals surface area contributed by atoms with Gasteiger partial charge in [-0.15, -0.1) is 0 Å². The molecule has 1 fully saturated rings. The first-order chi connectivity index (χ1) is 13.9. The summed E-state index contributed by atoms with van der Waals surface area (Å²) in [5.74, 6) is 0.460. The van der Waals surface area contributed by atoms with Gasteiger partial charge in [0.05, 0.1) is 18.1 Å². The van der Waals surface area contributed by atoms with Gasteiger partial charge < -0.3 is 15.4 Å². The highest BCUT2D eigenvalue weighted by Crippen LogP contribution is 2.36. The van der Waals surface area contributed by atoms with Crippen molar-refractivity contribution in [1.29, 1.82) is 0 Å². The van der Waals surface area contributed by atoms with Crippen LogP contribution in [-0.4, -0.2) is 46.0 Å². The number of rotatable bonds is 4. The predicted octanol–water partition coefficient (Wildman–Crippen LogP) is 3.24. The zero-order chi connectivity index (χ0) is 20.4. The Bertz CT molecular complexity index is 1120. The molecule has 0 atom stereocenters. The molecule has 3 aromatic rings. The van der Waals surface area contributed by atoms with Crippen LogP contribution in [0, 0.1) is 0 Å². The molecule has 0 saturated carbocycles. The van der Waals surface area contributed by atoms with Crippen molar-refractivity contribution in [2.24, 2.45) is 0 Å². The summed E-state index contributed by atoms with van der Waals surface area (Å²) >= 11 is 0. The van der Waals surface area contributed by atoms with Crippen LogP contribution in [0.25, 0.3) is 22.3 Å². The SMILES string of the molecule is CS(=O)(=O)c1ccc(-c2cnc(N)c(-c3ccccc3N3CCOCC3)c2)cc1. The minimum atomic E-state index is -3.23. The molecule has 4 rings (SSSR count). The third-order valence-corrected chi connectivity index (χ3v) is 6.21. The van der Waals surface area contributed by atoms with Gasteiger partial charge in [0.2, 0.25) is 0 Å². The molecule has 6 nitrogen and oxygen atoms in total. The predicted molar refractivity (Wildman–Crippen MR) is 116 cm³/mol. The Morgan fingerprint density at radius 2 is 1.66 bits per heavy atom. The molecule has 2 heterocycles. The van der Waals surface area contributed by atoms with E-state index < -0.39 is 9.84 Å². The van der Waals surface area contributed by atoms with E-state index >= 15 is 0 Å².